The fourth-order valence-corrected chi connectivity index (χ4v) is 8.62. The molecule has 0 bridgehead atoms. The van der Waals surface area contributed by atoms with Gasteiger partial charge < -0.3 is 0 Å². The summed E-state index contributed by atoms with van der Waals surface area (Å²) >= 11 is 6.19. The van der Waals surface area contributed by atoms with E-state index in [0.717, 1.165) is 33.2 Å². The Morgan fingerprint density at radius 2 is 1.00 bits per heavy atom. The van der Waals surface area contributed by atoms with E-state index in [-0.39, 0.29) is 0 Å². The lowest BCUT2D eigenvalue weighted by Crippen LogP contribution is -1.87. The Morgan fingerprint density at radius 1 is 0.528 bits per heavy atom. The fraction of sp³-hybridized carbons (Fsp3) is 0.0714. The molecule has 0 radical (unpaired) electrons. The van der Waals surface area contributed by atoms with Crippen LogP contribution in [0.1, 0.15) is 11.1 Å². The number of aryl methyl sites for hydroxylation is 2. The van der Waals surface area contributed by atoms with Crippen LogP contribution in [0.3, 0.4) is 0 Å². The number of benzene rings is 4. The number of thiophene rings is 2. The molecule has 8 rings (SSSR count). The first-order valence-corrected chi connectivity index (χ1v) is 14.7. The van der Waals surface area contributed by atoms with Gasteiger partial charge in [-0.05, 0) is 70.8 Å². The molecule has 4 aromatic carbocycles. The summed E-state index contributed by atoms with van der Waals surface area (Å²) in [5, 5.41) is 9.79. The minimum atomic E-state index is 0.962. The molecule has 172 valence electrons. The fourth-order valence-electron chi connectivity index (χ4n) is 5.38. The SMILES string of the molecule is Cc1c2cc3c(-c4cccc5nsnc45)csc3c(C)c2cc2c(-c3cccc4nsnc34)csc12. The van der Waals surface area contributed by atoms with Gasteiger partial charge in [-0.25, -0.2) is 0 Å². The van der Waals surface area contributed by atoms with E-state index in [1.165, 1.54) is 76.7 Å². The van der Waals surface area contributed by atoms with Gasteiger partial charge in [-0.3, -0.25) is 0 Å². The summed E-state index contributed by atoms with van der Waals surface area (Å²) in [7, 11) is 0. The highest BCUT2D eigenvalue weighted by Crippen LogP contribution is 2.46. The maximum atomic E-state index is 4.60. The van der Waals surface area contributed by atoms with Gasteiger partial charge in [0.25, 0.3) is 0 Å². The van der Waals surface area contributed by atoms with Gasteiger partial charge in [0.15, 0.2) is 0 Å². The molecule has 0 fully saturated rings. The highest BCUT2D eigenvalue weighted by Gasteiger charge is 2.19. The van der Waals surface area contributed by atoms with Crippen LogP contribution in [0, 0.1) is 13.8 Å². The highest BCUT2D eigenvalue weighted by molar-refractivity contribution is 7.18. The van der Waals surface area contributed by atoms with Crippen LogP contribution in [-0.4, -0.2) is 17.5 Å². The molecule has 4 heterocycles. The average Bonchev–Trinajstić information content (AvgIpc) is 3.69. The second-order valence-electron chi connectivity index (χ2n) is 9.03. The lowest BCUT2D eigenvalue weighted by molar-refractivity contribution is 1.58. The normalized spacial score (nSPS) is 12.2. The van der Waals surface area contributed by atoms with E-state index in [0.29, 0.717) is 0 Å². The Kier molecular flexibility index (Phi) is 4.40. The van der Waals surface area contributed by atoms with Crippen molar-refractivity contribution in [3.05, 3.63) is 70.4 Å². The third kappa shape index (κ3) is 2.78. The standard InChI is InChI=1S/C28H16N4S4/c1-13-17-9-20-22(16-6-4-8-24-26(16)32-36-30-24)12-34-28(20)14(2)18(17)10-19-21(11-33-27(13)19)15-5-3-7-23-25(15)31-35-29-23/h3-12H,1-2H3. The summed E-state index contributed by atoms with van der Waals surface area (Å²) in [5.41, 5.74) is 11.4. The first-order valence-electron chi connectivity index (χ1n) is 11.5. The van der Waals surface area contributed by atoms with E-state index in [1.54, 1.807) is 0 Å². The van der Waals surface area contributed by atoms with Crippen LogP contribution in [0.4, 0.5) is 0 Å². The first-order chi connectivity index (χ1) is 17.7. The topological polar surface area (TPSA) is 51.6 Å². The third-order valence-corrected chi connectivity index (χ3v) is 10.5. The van der Waals surface area contributed by atoms with E-state index < -0.39 is 0 Å². The van der Waals surface area contributed by atoms with Gasteiger partial charge in [0.2, 0.25) is 0 Å². The van der Waals surface area contributed by atoms with Crippen molar-refractivity contribution < 1.29 is 0 Å². The Morgan fingerprint density at radius 3 is 1.47 bits per heavy atom. The van der Waals surface area contributed by atoms with Crippen LogP contribution in [-0.2, 0) is 0 Å². The van der Waals surface area contributed by atoms with E-state index in [9.17, 15) is 0 Å². The maximum Gasteiger partial charge on any atom is 0.112 e. The Hall–Kier alpha value is -3.30. The summed E-state index contributed by atoms with van der Waals surface area (Å²) in [5.74, 6) is 0. The maximum absolute atomic E-state index is 4.60. The number of hydrogen-bond donors (Lipinski definition) is 0. The minimum Gasteiger partial charge on any atom is -0.173 e. The smallest absolute Gasteiger partial charge is 0.112 e. The molecule has 0 saturated heterocycles. The second kappa shape index (κ2) is 7.60. The van der Waals surface area contributed by atoms with Gasteiger partial charge >= 0.3 is 0 Å². The van der Waals surface area contributed by atoms with Crippen LogP contribution in [0.25, 0.3) is 75.3 Å². The van der Waals surface area contributed by atoms with Crippen LogP contribution < -0.4 is 0 Å². The molecule has 4 aromatic heterocycles. The molecule has 0 atom stereocenters. The van der Waals surface area contributed by atoms with Gasteiger partial charge in [-0.2, -0.15) is 17.5 Å². The zero-order chi connectivity index (χ0) is 24.0. The van der Waals surface area contributed by atoms with Gasteiger partial charge in [0.05, 0.1) is 23.5 Å². The van der Waals surface area contributed by atoms with Crippen LogP contribution in [0.15, 0.2) is 59.3 Å². The minimum absolute atomic E-state index is 0.962. The second-order valence-corrected chi connectivity index (χ2v) is 11.8. The summed E-state index contributed by atoms with van der Waals surface area (Å²) in [4.78, 5) is 0. The molecular weight excluding hydrogens is 521 g/mol. The molecule has 0 aliphatic carbocycles. The number of nitrogens with zero attached hydrogens (tertiary/aromatic N) is 4. The predicted octanol–water partition coefficient (Wildman–Crippen LogP) is 9.23. The number of hydrogen-bond acceptors (Lipinski definition) is 8. The molecule has 36 heavy (non-hydrogen) atoms. The van der Waals surface area contributed by atoms with Gasteiger partial charge in [0, 0.05) is 42.4 Å². The molecule has 0 unspecified atom stereocenters. The summed E-state index contributed by atoms with van der Waals surface area (Å²) in [6.07, 6.45) is 0. The van der Waals surface area contributed by atoms with Crippen molar-refractivity contribution in [3.8, 4) is 22.3 Å². The van der Waals surface area contributed by atoms with E-state index >= 15 is 0 Å². The monoisotopic (exact) mass is 536 g/mol. The first kappa shape index (κ1) is 20.8. The van der Waals surface area contributed by atoms with Crippen LogP contribution in [0.2, 0.25) is 0 Å². The number of rotatable bonds is 2. The average molecular weight is 537 g/mol. The van der Waals surface area contributed by atoms with Crippen LogP contribution in [0.5, 0.6) is 0 Å². The van der Waals surface area contributed by atoms with E-state index in [1.807, 2.05) is 34.8 Å². The van der Waals surface area contributed by atoms with Crippen molar-refractivity contribution in [2.24, 2.45) is 0 Å². The van der Waals surface area contributed by atoms with Crippen molar-refractivity contribution in [2.45, 2.75) is 13.8 Å². The Labute approximate surface area is 222 Å². The predicted molar refractivity (Wildman–Crippen MR) is 157 cm³/mol. The lowest BCUT2D eigenvalue weighted by Gasteiger charge is -2.11. The molecule has 0 aliphatic heterocycles. The molecule has 0 amide bonds. The molecular formula is C28H16N4S4. The largest absolute Gasteiger partial charge is 0.173 e. The van der Waals surface area contributed by atoms with E-state index in [4.69, 9.17) is 0 Å². The van der Waals surface area contributed by atoms with Gasteiger partial charge in [0.1, 0.15) is 22.1 Å². The summed E-state index contributed by atoms with van der Waals surface area (Å²) in [6, 6.07) is 17.3. The number of fused-ring (bicyclic) bond motifs is 5. The lowest BCUT2D eigenvalue weighted by atomic mass is 9.93. The van der Waals surface area contributed by atoms with Crippen molar-refractivity contribution in [3.63, 3.8) is 0 Å². The van der Waals surface area contributed by atoms with Gasteiger partial charge in [-0.1, -0.05) is 24.3 Å². The number of aromatic nitrogens is 4. The van der Waals surface area contributed by atoms with Crippen molar-refractivity contribution in [2.75, 3.05) is 0 Å². The highest BCUT2D eigenvalue weighted by atomic mass is 32.1. The molecule has 0 aliphatic rings. The zero-order valence-electron chi connectivity index (χ0n) is 19.2. The Bertz CT molecular complexity index is 1990. The van der Waals surface area contributed by atoms with Crippen molar-refractivity contribution in [1.29, 1.82) is 0 Å². The van der Waals surface area contributed by atoms with Crippen LogP contribution >= 0.6 is 46.1 Å². The molecule has 0 saturated carbocycles. The molecule has 0 N–H and O–H groups in total. The summed E-state index contributed by atoms with van der Waals surface area (Å²) < 4.78 is 20.8. The van der Waals surface area contributed by atoms with Gasteiger partial charge in [-0.15, -0.1) is 22.7 Å². The molecule has 8 aromatic rings. The zero-order valence-corrected chi connectivity index (χ0v) is 22.5. The third-order valence-electron chi connectivity index (χ3n) is 7.17. The summed E-state index contributed by atoms with van der Waals surface area (Å²) in [6.45, 7) is 4.52. The quantitative estimate of drug-likeness (QED) is 0.221. The van der Waals surface area contributed by atoms with Crippen molar-refractivity contribution >= 4 is 99.1 Å². The molecule has 0 spiro atoms. The Balaban J connectivity index is 1.43. The van der Waals surface area contributed by atoms with Crippen molar-refractivity contribution in [1.82, 2.24) is 17.5 Å². The van der Waals surface area contributed by atoms with E-state index in [2.05, 4.69) is 78.5 Å². The molecule has 8 heteroatoms. The molecule has 4 nitrogen and oxygen atoms in total.